The minimum Gasteiger partial charge on any atom is -0.378 e. The van der Waals surface area contributed by atoms with E-state index in [2.05, 4.69) is 26.1 Å². The average Bonchev–Trinajstić information content (AvgIpc) is 2.21. The Morgan fingerprint density at radius 3 is 2.71 bits per heavy atom. The molecule has 0 spiro atoms. The first-order chi connectivity index (χ1) is 6.69. The monoisotopic (exact) mass is 200 g/mol. The molecule has 3 N–H and O–H groups in total. The summed E-state index contributed by atoms with van der Waals surface area (Å²) in [5.74, 6) is 0. The van der Waals surface area contributed by atoms with Crippen molar-refractivity contribution in [1.82, 2.24) is 5.32 Å². The molecule has 0 aromatic rings. The van der Waals surface area contributed by atoms with Crippen LogP contribution < -0.4 is 11.1 Å². The zero-order valence-electron chi connectivity index (χ0n) is 9.68. The second-order valence-corrected chi connectivity index (χ2v) is 4.33. The van der Waals surface area contributed by atoms with Crippen molar-refractivity contribution in [3.63, 3.8) is 0 Å². The Balaban J connectivity index is 2.42. The quantitative estimate of drug-likeness (QED) is 0.675. The van der Waals surface area contributed by atoms with Crippen molar-refractivity contribution in [2.24, 2.45) is 11.1 Å². The molecule has 14 heavy (non-hydrogen) atoms. The van der Waals surface area contributed by atoms with Crippen molar-refractivity contribution >= 4 is 0 Å². The van der Waals surface area contributed by atoms with Crippen molar-refractivity contribution in [3.8, 4) is 0 Å². The van der Waals surface area contributed by atoms with Crippen LogP contribution in [0.2, 0.25) is 0 Å². The third-order valence-corrected chi connectivity index (χ3v) is 3.65. The highest BCUT2D eigenvalue weighted by Gasteiger charge is 2.50. The van der Waals surface area contributed by atoms with Crippen molar-refractivity contribution < 1.29 is 4.74 Å². The minimum atomic E-state index is 0.311. The normalized spacial score (nSPS) is 36.9. The smallest absolute Gasteiger partial charge is 0.0658 e. The molecule has 0 aromatic heterocycles. The molecule has 1 saturated carbocycles. The van der Waals surface area contributed by atoms with E-state index in [1.165, 1.54) is 6.42 Å². The molecule has 0 bridgehead atoms. The van der Waals surface area contributed by atoms with Gasteiger partial charge in [0.1, 0.15) is 0 Å². The zero-order valence-corrected chi connectivity index (χ0v) is 9.68. The maximum atomic E-state index is 5.72. The fourth-order valence-electron chi connectivity index (χ4n) is 2.32. The lowest BCUT2D eigenvalue weighted by Crippen LogP contribution is -2.62. The predicted octanol–water partition coefficient (Wildman–Crippen LogP) is 1.13. The molecule has 0 heterocycles. The summed E-state index contributed by atoms with van der Waals surface area (Å²) >= 11 is 0. The Morgan fingerprint density at radius 1 is 1.50 bits per heavy atom. The third kappa shape index (κ3) is 2.10. The topological polar surface area (TPSA) is 47.3 Å². The van der Waals surface area contributed by atoms with Crippen molar-refractivity contribution in [2.75, 3.05) is 19.7 Å². The third-order valence-electron chi connectivity index (χ3n) is 3.65. The predicted molar refractivity (Wildman–Crippen MR) is 59.3 cm³/mol. The Bertz CT molecular complexity index is 175. The van der Waals surface area contributed by atoms with Crippen LogP contribution in [0.4, 0.5) is 0 Å². The van der Waals surface area contributed by atoms with Gasteiger partial charge in [-0.3, -0.25) is 0 Å². The summed E-state index contributed by atoms with van der Waals surface area (Å²) in [5, 5.41) is 3.49. The van der Waals surface area contributed by atoms with Crippen LogP contribution >= 0.6 is 0 Å². The van der Waals surface area contributed by atoms with Crippen molar-refractivity contribution in [3.05, 3.63) is 0 Å². The van der Waals surface area contributed by atoms with E-state index in [1.807, 2.05) is 0 Å². The van der Waals surface area contributed by atoms with E-state index in [9.17, 15) is 0 Å². The standard InChI is InChI=1S/C11H24N2O/c1-4-11(3)9(13-7-6-12)8-10(11)14-5-2/h9-10,13H,4-8,12H2,1-3H3. The summed E-state index contributed by atoms with van der Waals surface area (Å²) < 4.78 is 5.72. The fraction of sp³-hybridized carbons (Fsp3) is 1.00. The Morgan fingerprint density at radius 2 is 2.21 bits per heavy atom. The van der Waals surface area contributed by atoms with Gasteiger partial charge >= 0.3 is 0 Å². The molecular weight excluding hydrogens is 176 g/mol. The van der Waals surface area contributed by atoms with Crippen LogP contribution in [0, 0.1) is 5.41 Å². The van der Waals surface area contributed by atoms with Crippen LogP contribution in [0.25, 0.3) is 0 Å². The fourth-order valence-corrected chi connectivity index (χ4v) is 2.32. The lowest BCUT2D eigenvalue weighted by molar-refractivity contribution is -0.125. The number of rotatable bonds is 6. The van der Waals surface area contributed by atoms with Gasteiger partial charge in [-0.1, -0.05) is 13.8 Å². The van der Waals surface area contributed by atoms with Gasteiger partial charge < -0.3 is 15.8 Å². The first kappa shape index (κ1) is 12.0. The first-order valence-corrected chi connectivity index (χ1v) is 5.74. The van der Waals surface area contributed by atoms with Gasteiger partial charge in [-0.2, -0.15) is 0 Å². The van der Waals surface area contributed by atoms with Crippen LogP contribution in [0.5, 0.6) is 0 Å². The molecule has 3 atom stereocenters. The molecule has 0 amide bonds. The number of ether oxygens (including phenoxy) is 1. The van der Waals surface area contributed by atoms with Crippen LogP contribution in [0.15, 0.2) is 0 Å². The highest BCUT2D eigenvalue weighted by Crippen LogP contribution is 2.45. The van der Waals surface area contributed by atoms with Gasteiger partial charge in [0.05, 0.1) is 6.10 Å². The van der Waals surface area contributed by atoms with Gasteiger partial charge in [-0.15, -0.1) is 0 Å². The molecule has 84 valence electrons. The lowest BCUT2D eigenvalue weighted by atomic mass is 9.61. The van der Waals surface area contributed by atoms with Gasteiger partial charge in [-0.25, -0.2) is 0 Å². The van der Waals surface area contributed by atoms with Gasteiger partial charge in [0.2, 0.25) is 0 Å². The Hall–Kier alpha value is -0.120. The molecule has 1 rings (SSSR count). The summed E-state index contributed by atoms with van der Waals surface area (Å²) in [4.78, 5) is 0. The molecule has 1 aliphatic carbocycles. The van der Waals surface area contributed by atoms with E-state index in [1.54, 1.807) is 0 Å². The van der Waals surface area contributed by atoms with E-state index in [0.717, 1.165) is 26.1 Å². The average molecular weight is 200 g/mol. The highest BCUT2D eigenvalue weighted by molar-refractivity contribution is 5.04. The molecule has 0 radical (unpaired) electrons. The van der Waals surface area contributed by atoms with Crippen LogP contribution in [-0.4, -0.2) is 31.8 Å². The summed E-state index contributed by atoms with van der Waals surface area (Å²) in [5.41, 5.74) is 5.80. The summed E-state index contributed by atoms with van der Waals surface area (Å²) in [6.45, 7) is 9.07. The van der Waals surface area contributed by atoms with Gasteiger partial charge in [0.25, 0.3) is 0 Å². The summed E-state index contributed by atoms with van der Waals surface area (Å²) in [6, 6.07) is 0.590. The molecule has 0 saturated heterocycles. The number of hydrogen-bond donors (Lipinski definition) is 2. The summed E-state index contributed by atoms with van der Waals surface area (Å²) in [7, 11) is 0. The molecule has 3 nitrogen and oxygen atoms in total. The SMILES string of the molecule is CCOC1CC(NCCN)C1(C)CC. The maximum absolute atomic E-state index is 5.72. The Labute approximate surface area is 87.4 Å². The number of nitrogens with two attached hydrogens (primary N) is 1. The van der Waals surface area contributed by atoms with Crippen LogP contribution in [0.1, 0.15) is 33.6 Å². The number of nitrogens with one attached hydrogen (secondary N) is 1. The van der Waals surface area contributed by atoms with E-state index in [4.69, 9.17) is 10.5 Å². The molecular formula is C11H24N2O. The molecule has 0 aromatic carbocycles. The zero-order chi connectivity index (χ0) is 10.6. The van der Waals surface area contributed by atoms with E-state index >= 15 is 0 Å². The number of hydrogen-bond acceptors (Lipinski definition) is 3. The van der Waals surface area contributed by atoms with Crippen LogP contribution in [0.3, 0.4) is 0 Å². The second-order valence-electron chi connectivity index (χ2n) is 4.33. The van der Waals surface area contributed by atoms with E-state index in [-0.39, 0.29) is 0 Å². The highest BCUT2D eigenvalue weighted by atomic mass is 16.5. The lowest BCUT2D eigenvalue weighted by Gasteiger charge is -2.53. The molecule has 0 aliphatic heterocycles. The van der Waals surface area contributed by atoms with Crippen molar-refractivity contribution in [1.29, 1.82) is 0 Å². The van der Waals surface area contributed by atoms with Crippen LogP contribution in [-0.2, 0) is 4.74 Å². The van der Waals surface area contributed by atoms with E-state index in [0.29, 0.717) is 17.6 Å². The molecule has 3 unspecified atom stereocenters. The van der Waals surface area contributed by atoms with Crippen molar-refractivity contribution in [2.45, 2.75) is 45.8 Å². The van der Waals surface area contributed by atoms with E-state index < -0.39 is 0 Å². The van der Waals surface area contributed by atoms with Gasteiger partial charge in [0, 0.05) is 31.2 Å². The summed E-state index contributed by atoms with van der Waals surface area (Å²) in [6.07, 6.45) is 2.74. The second kappa shape index (κ2) is 5.10. The molecule has 3 heteroatoms. The largest absolute Gasteiger partial charge is 0.378 e. The maximum Gasteiger partial charge on any atom is 0.0658 e. The van der Waals surface area contributed by atoms with Gasteiger partial charge in [0.15, 0.2) is 0 Å². The minimum absolute atomic E-state index is 0.311. The first-order valence-electron chi connectivity index (χ1n) is 5.74. The Kier molecular flexibility index (Phi) is 4.35. The van der Waals surface area contributed by atoms with Gasteiger partial charge in [-0.05, 0) is 19.8 Å². The molecule has 1 aliphatic rings. The molecule has 1 fully saturated rings.